The highest BCUT2D eigenvalue weighted by Crippen LogP contribution is 2.27. The van der Waals surface area contributed by atoms with Gasteiger partial charge in [0, 0.05) is 17.1 Å². The molecule has 2 aromatic carbocycles. The zero-order chi connectivity index (χ0) is 18.5. The topological polar surface area (TPSA) is 68.5 Å². The Morgan fingerprint density at radius 1 is 1.23 bits per heavy atom. The SMILES string of the molecule is CN(Cc1nnc(-c2ccccc2)o1)C(=O)COc1ccc(Br)cc1Cl. The summed E-state index contributed by atoms with van der Waals surface area (Å²) in [6.45, 7) is 0.0492. The van der Waals surface area contributed by atoms with Gasteiger partial charge in [-0.2, -0.15) is 0 Å². The minimum absolute atomic E-state index is 0.141. The van der Waals surface area contributed by atoms with Gasteiger partial charge in [0.2, 0.25) is 11.8 Å². The molecule has 3 aromatic rings. The lowest BCUT2D eigenvalue weighted by molar-refractivity contribution is -0.132. The molecule has 1 amide bonds. The van der Waals surface area contributed by atoms with Gasteiger partial charge in [-0.15, -0.1) is 10.2 Å². The molecule has 0 atom stereocenters. The van der Waals surface area contributed by atoms with Gasteiger partial charge in [-0.3, -0.25) is 4.79 Å². The summed E-state index contributed by atoms with van der Waals surface area (Å²) in [4.78, 5) is 13.7. The summed E-state index contributed by atoms with van der Waals surface area (Å²) in [5, 5.41) is 8.41. The Kier molecular flexibility index (Phi) is 5.90. The molecule has 0 saturated heterocycles. The molecule has 0 aliphatic heterocycles. The van der Waals surface area contributed by atoms with Crippen LogP contribution >= 0.6 is 27.5 Å². The number of benzene rings is 2. The third-order valence-electron chi connectivity index (χ3n) is 3.53. The third-order valence-corrected chi connectivity index (χ3v) is 4.32. The molecule has 0 bridgehead atoms. The fourth-order valence-corrected chi connectivity index (χ4v) is 2.88. The Labute approximate surface area is 163 Å². The lowest BCUT2D eigenvalue weighted by Gasteiger charge is -2.15. The minimum atomic E-state index is -0.233. The summed E-state index contributed by atoms with van der Waals surface area (Å²) in [7, 11) is 1.64. The van der Waals surface area contributed by atoms with Gasteiger partial charge < -0.3 is 14.1 Å². The van der Waals surface area contributed by atoms with Gasteiger partial charge in [-0.05, 0) is 30.3 Å². The van der Waals surface area contributed by atoms with Crippen molar-refractivity contribution in [2.75, 3.05) is 13.7 Å². The maximum absolute atomic E-state index is 12.2. The quantitative estimate of drug-likeness (QED) is 0.579. The smallest absolute Gasteiger partial charge is 0.260 e. The second kappa shape index (κ2) is 8.33. The number of rotatable bonds is 6. The molecular formula is C18H15BrClN3O3. The molecule has 0 spiro atoms. The van der Waals surface area contributed by atoms with E-state index in [1.54, 1.807) is 25.2 Å². The van der Waals surface area contributed by atoms with Gasteiger partial charge in [-0.1, -0.05) is 45.7 Å². The first-order chi connectivity index (χ1) is 12.5. The molecule has 0 fully saturated rings. The maximum atomic E-state index is 12.2. The van der Waals surface area contributed by atoms with Crippen LogP contribution < -0.4 is 4.74 Å². The molecule has 0 aliphatic rings. The average Bonchev–Trinajstić information content (AvgIpc) is 3.10. The van der Waals surface area contributed by atoms with Gasteiger partial charge in [0.15, 0.2) is 6.61 Å². The summed E-state index contributed by atoms with van der Waals surface area (Å²) in [5.41, 5.74) is 0.827. The first kappa shape index (κ1) is 18.4. The lowest BCUT2D eigenvalue weighted by atomic mass is 10.2. The van der Waals surface area contributed by atoms with Crippen molar-refractivity contribution >= 4 is 33.4 Å². The van der Waals surface area contributed by atoms with E-state index in [2.05, 4.69) is 26.1 Å². The molecule has 0 N–H and O–H groups in total. The zero-order valence-electron chi connectivity index (χ0n) is 13.9. The van der Waals surface area contributed by atoms with Crippen molar-refractivity contribution < 1.29 is 13.9 Å². The molecule has 1 aromatic heterocycles. The van der Waals surface area contributed by atoms with E-state index in [-0.39, 0.29) is 19.1 Å². The summed E-state index contributed by atoms with van der Waals surface area (Å²) in [6.07, 6.45) is 0. The van der Waals surface area contributed by atoms with E-state index >= 15 is 0 Å². The van der Waals surface area contributed by atoms with Crippen LogP contribution in [0.1, 0.15) is 5.89 Å². The van der Waals surface area contributed by atoms with Crippen LogP contribution in [0.2, 0.25) is 5.02 Å². The summed E-state index contributed by atoms with van der Waals surface area (Å²) in [5.74, 6) is 0.977. The van der Waals surface area contributed by atoms with Crippen molar-refractivity contribution in [1.82, 2.24) is 15.1 Å². The predicted molar refractivity (Wildman–Crippen MR) is 101 cm³/mol. The molecule has 6 nitrogen and oxygen atoms in total. The number of amides is 1. The van der Waals surface area contributed by atoms with Gasteiger partial charge in [0.05, 0.1) is 11.6 Å². The molecule has 0 saturated carbocycles. The lowest BCUT2D eigenvalue weighted by Crippen LogP contribution is -2.31. The third kappa shape index (κ3) is 4.62. The second-order valence-electron chi connectivity index (χ2n) is 5.48. The second-order valence-corrected chi connectivity index (χ2v) is 6.80. The summed E-state index contributed by atoms with van der Waals surface area (Å²) >= 11 is 9.39. The first-order valence-electron chi connectivity index (χ1n) is 7.72. The number of ether oxygens (including phenoxy) is 1. The number of aromatic nitrogens is 2. The highest BCUT2D eigenvalue weighted by molar-refractivity contribution is 9.10. The van der Waals surface area contributed by atoms with Crippen molar-refractivity contribution in [3.63, 3.8) is 0 Å². The first-order valence-corrected chi connectivity index (χ1v) is 8.89. The highest BCUT2D eigenvalue weighted by atomic mass is 79.9. The monoisotopic (exact) mass is 435 g/mol. The number of nitrogens with zero attached hydrogens (tertiary/aromatic N) is 3. The van der Waals surface area contributed by atoms with Crippen LogP contribution in [0.5, 0.6) is 5.75 Å². The van der Waals surface area contributed by atoms with E-state index < -0.39 is 0 Å². The maximum Gasteiger partial charge on any atom is 0.260 e. The normalized spacial score (nSPS) is 10.6. The molecule has 0 aliphatic carbocycles. The highest BCUT2D eigenvalue weighted by Gasteiger charge is 2.15. The van der Waals surface area contributed by atoms with E-state index in [1.807, 2.05) is 30.3 Å². The summed E-state index contributed by atoms with van der Waals surface area (Å²) < 4.78 is 11.9. The molecular weight excluding hydrogens is 422 g/mol. The number of likely N-dealkylation sites (N-methyl/N-ethyl adjacent to an activating group) is 1. The Morgan fingerprint density at radius 3 is 2.73 bits per heavy atom. The zero-order valence-corrected chi connectivity index (χ0v) is 16.2. The van der Waals surface area contributed by atoms with Crippen LogP contribution in [-0.4, -0.2) is 34.7 Å². The van der Waals surface area contributed by atoms with Gasteiger partial charge in [-0.25, -0.2) is 0 Å². The molecule has 1 heterocycles. The van der Waals surface area contributed by atoms with Gasteiger partial charge in [0.25, 0.3) is 5.91 Å². The predicted octanol–water partition coefficient (Wildman–Crippen LogP) is 4.19. The Bertz CT molecular complexity index is 902. The van der Waals surface area contributed by atoms with E-state index in [0.29, 0.717) is 22.6 Å². The van der Waals surface area contributed by atoms with Crippen LogP contribution in [0.4, 0.5) is 0 Å². The Balaban J connectivity index is 1.57. The minimum Gasteiger partial charge on any atom is -0.482 e. The molecule has 0 radical (unpaired) electrons. The Hall–Kier alpha value is -2.38. The molecule has 26 heavy (non-hydrogen) atoms. The standard InChI is InChI=1S/C18H15BrClN3O3/c1-23(17(24)11-25-15-8-7-13(19)9-14(15)20)10-16-21-22-18(26-16)12-5-3-2-4-6-12/h2-9H,10-11H2,1H3. The molecule has 0 unspecified atom stereocenters. The number of carbonyl (C=O) groups is 1. The van der Waals surface area contributed by atoms with Crippen molar-refractivity contribution in [2.45, 2.75) is 6.54 Å². The fraction of sp³-hybridized carbons (Fsp3) is 0.167. The largest absolute Gasteiger partial charge is 0.482 e. The Morgan fingerprint density at radius 2 is 2.00 bits per heavy atom. The van der Waals surface area contributed by atoms with Crippen LogP contribution in [0.15, 0.2) is 57.4 Å². The van der Waals surface area contributed by atoms with Crippen molar-refractivity contribution in [3.05, 3.63) is 63.9 Å². The number of carbonyl (C=O) groups excluding carboxylic acids is 1. The fourth-order valence-electron chi connectivity index (χ4n) is 2.15. The van der Waals surface area contributed by atoms with Crippen molar-refractivity contribution in [1.29, 1.82) is 0 Å². The van der Waals surface area contributed by atoms with E-state index in [4.69, 9.17) is 20.8 Å². The number of hydrogen-bond donors (Lipinski definition) is 0. The van der Waals surface area contributed by atoms with E-state index in [1.165, 1.54) is 4.90 Å². The van der Waals surface area contributed by atoms with Crippen molar-refractivity contribution in [2.24, 2.45) is 0 Å². The van der Waals surface area contributed by atoms with Crippen LogP contribution in [0, 0.1) is 0 Å². The summed E-state index contributed by atoms with van der Waals surface area (Å²) in [6, 6.07) is 14.6. The molecule has 134 valence electrons. The van der Waals surface area contributed by atoms with E-state index in [9.17, 15) is 4.79 Å². The molecule has 8 heteroatoms. The van der Waals surface area contributed by atoms with Gasteiger partial charge >= 0.3 is 0 Å². The van der Waals surface area contributed by atoms with Crippen LogP contribution in [0.3, 0.4) is 0 Å². The van der Waals surface area contributed by atoms with Crippen LogP contribution in [0.25, 0.3) is 11.5 Å². The molecule has 3 rings (SSSR count). The average molecular weight is 437 g/mol. The van der Waals surface area contributed by atoms with Crippen molar-refractivity contribution in [3.8, 4) is 17.2 Å². The van der Waals surface area contributed by atoms with Crippen LogP contribution in [-0.2, 0) is 11.3 Å². The number of hydrogen-bond acceptors (Lipinski definition) is 5. The van der Waals surface area contributed by atoms with Gasteiger partial charge in [0.1, 0.15) is 5.75 Å². The number of halogens is 2. The van der Waals surface area contributed by atoms with E-state index in [0.717, 1.165) is 10.0 Å².